The number of allylic oxidation sites excluding steroid dienone is 1. The van der Waals surface area contributed by atoms with Gasteiger partial charge in [0.05, 0.1) is 10.3 Å². The van der Waals surface area contributed by atoms with E-state index in [9.17, 15) is 22.4 Å². The number of thiophene rings is 1. The third-order valence-corrected chi connectivity index (χ3v) is 5.87. The highest BCUT2D eigenvalue weighted by atomic mass is 32.2. The Kier molecular flexibility index (Phi) is 4.89. The minimum atomic E-state index is -1.77. The summed E-state index contributed by atoms with van der Waals surface area (Å²) in [5, 5.41) is 0.290. The van der Waals surface area contributed by atoms with Crippen molar-refractivity contribution in [3.63, 3.8) is 0 Å². The zero-order chi connectivity index (χ0) is 19.2. The van der Waals surface area contributed by atoms with Crippen molar-refractivity contribution in [2.75, 3.05) is 0 Å². The first kappa shape index (κ1) is 18.6. The lowest BCUT2D eigenvalue weighted by Crippen LogP contribution is -2.22. The maximum absolute atomic E-state index is 13.9. The number of hydrogen-bond donors (Lipinski definition) is 0. The van der Waals surface area contributed by atoms with Gasteiger partial charge < -0.3 is 0 Å². The number of aromatic nitrogens is 3. The van der Waals surface area contributed by atoms with E-state index in [1.165, 1.54) is 17.4 Å². The average molecular weight is 401 g/mol. The largest absolute Gasteiger partial charge is 0.283 e. The number of pyridine rings is 1. The van der Waals surface area contributed by atoms with E-state index in [-0.39, 0.29) is 11.7 Å². The van der Waals surface area contributed by atoms with Gasteiger partial charge in [-0.2, -0.15) is 13.8 Å². The van der Waals surface area contributed by atoms with Crippen LogP contribution in [0.2, 0.25) is 0 Å². The Bertz CT molecular complexity index is 1080. The van der Waals surface area contributed by atoms with E-state index in [1.54, 1.807) is 6.92 Å². The van der Waals surface area contributed by atoms with Crippen molar-refractivity contribution < 1.29 is 17.6 Å². The normalized spacial score (nSPS) is 11.3. The Morgan fingerprint density at radius 2 is 1.77 bits per heavy atom. The summed E-state index contributed by atoms with van der Waals surface area (Å²) in [6, 6.07) is 0. The van der Waals surface area contributed by atoms with Gasteiger partial charge in [-0.3, -0.25) is 9.36 Å². The van der Waals surface area contributed by atoms with Gasteiger partial charge in [-0.25, -0.2) is 13.8 Å². The van der Waals surface area contributed by atoms with Crippen LogP contribution in [0, 0.1) is 37.4 Å². The van der Waals surface area contributed by atoms with Gasteiger partial charge in [0.15, 0.2) is 16.8 Å². The molecule has 0 saturated carbocycles. The molecule has 0 aliphatic heterocycles. The van der Waals surface area contributed by atoms with Crippen LogP contribution in [0.4, 0.5) is 17.6 Å². The second kappa shape index (κ2) is 6.84. The fourth-order valence-electron chi connectivity index (χ4n) is 2.33. The van der Waals surface area contributed by atoms with Crippen molar-refractivity contribution in [2.24, 2.45) is 0 Å². The average Bonchev–Trinajstić information content (AvgIpc) is 2.87. The number of aryl methyl sites for hydroxylation is 2. The molecule has 0 saturated heterocycles. The lowest BCUT2D eigenvalue weighted by Gasteiger charge is -2.11. The SMILES string of the molecule is C=CCn1c(Sc2c(F)c(F)nc(F)c2F)nc2sc(C)c(C)c2c1=O. The molecule has 3 rings (SSSR count). The molecule has 0 aromatic carbocycles. The van der Waals surface area contributed by atoms with Crippen LogP contribution in [-0.4, -0.2) is 14.5 Å². The summed E-state index contributed by atoms with van der Waals surface area (Å²) in [4.78, 5) is 19.9. The van der Waals surface area contributed by atoms with Crippen molar-refractivity contribution in [1.29, 1.82) is 0 Å². The van der Waals surface area contributed by atoms with E-state index in [2.05, 4.69) is 16.5 Å². The highest BCUT2D eigenvalue weighted by molar-refractivity contribution is 7.99. The minimum absolute atomic E-state index is 0.0116. The third-order valence-electron chi connectivity index (χ3n) is 3.72. The van der Waals surface area contributed by atoms with Crippen molar-refractivity contribution in [3.8, 4) is 0 Å². The van der Waals surface area contributed by atoms with Gasteiger partial charge in [-0.1, -0.05) is 6.08 Å². The van der Waals surface area contributed by atoms with Gasteiger partial charge >= 0.3 is 0 Å². The van der Waals surface area contributed by atoms with Gasteiger partial charge in [-0.15, -0.1) is 17.9 Å². The number of hydrogen-bond acceptors (Lipinski definition) is 5. The Morgan fingerprint density at radius 3 is 2.35 bits per heavy atom. The van der Waals surface area contributed by atoms with Crippen LogP contribution >= 0.6 is 23.1 Å². The van der Waals surface area contributed by atoms with E-state index in [4.69, 9.17) is 0 Å². The van der Waals surface area contributed by atoms with Gasteiger partial charge in [-0.05, 0) is 31.2 Å². The van der Waals surface area contributed by atoms with Crippen LogP contribution in [0.1, 0.15) is 10.4 Å². The Labute approximate surface area is 153 Å². The van der Waals surface area contributed by atoms with Crippen LogP contribution in [-0.2, 0) is 6.54 Å². The summed E-state index contributed by atoms with van der Waals surface area (Å²) < 4.78 is 55.7. The Hall–Kier alpha value is -2.20. The van der Waals surface area contributed by atoms with Gasteiger partial charge in [0.1, 0.15) is 4.83 Å². The molecule has 136 valence electrons. The molecule has 0 aliphatic carbocycles. The summed E-state index contributed by atoms with van der Waals surface area (Å²) >= 11 is 1.57. The second-order valence-electron chi connectivity index (χ2n) is 5.31. The number of fused-ring (bicyclic) bond motifs is 1. The summed E-state index contributed by atoms with van der Waals surface area (Å²) in [6.45, 7) is 7.15. The molecule has 3 heterocycles. The minimum Gasteiger partial charge on any atom is -0.283 e. The molecule has 0 fully saturated rings. The van der Waals surface area contributed by atoms with Crippen molar-refractivity contribution in [2.45, 2.75) is 30.4 Å². The molecule has 0 N–H and O–H groups in total. The van der Waals surface area contributed by atoms with Crippen LogP contribution in [0.3, 0.4) is 0 Å². The topological polar surface area (TPSA) is 47.8 Å². The number of rotatable bonds is 4. The third kappa shape index (κ3) is 2.92. The van der Waals surface area contributed by atoms with Gasteiger partial charge in [0.25, 0.3) is 17.5 Å². The first-order valence-corrected chi connectivity index (χ1v) is 8.88. The predicted octanol–water partition coefficient (Wildman–Crippen LogP) is 4.36. The highest BCUT2D eigenvalue weighted by Crippen LogP contribution is 2.34. The maximum Gasteiger partial charge on any atom is 0.263 e. The predicted molar refractivity (Wildman–Crippen MR) is 91.7 cm³/mol. The van der Waals surface area contributed by atoms with E-state index in [1.807, 2.05) is 6.92 Å². The number of nitrogens with zero attached hydrogens (tertiary/aromatic N) is 3. The number of halogens is 4. The molecule has 0 aliphatic rings. The van der Waals surface area contributed by atoms with Gasteiger partial charge in [0, 0.05) is 11.4 Å². The maximum atomic E-state index is 13.9. The van der Waals surface area contributed by atoms with Gasteiger partial charge in [0.2, 0.25) is 0 Å². The lowest BCUT2D eigenvalue weighted by atomic mass is 10.2. The standard InChI is InChI=1S/C16H11F4N3OS2/c1-4-5-23-15(24)8-6(2)7(3)25-14(8)22-16(23)26-11-9(17)12(19)21-13(20)10(11)18/h4H,1,5H2,2-3H3. The molecular formula is C16H11F4N3OS2. The lowest BCUT2D eigenvalue weighted by molar-refractivity contribution is 0.383. The highest BCUT2D eigenvalue weighted by Gasteiger charge is 2.24. The monoisotopic (exact) mass is 401 g/mol. The smallest absolute Gasteiger partial charge is 0.263 e. The van der Waals surface area contributed by atoms with E-state index < -0.39 is 34.0 Å². The molecule has 0 atom stereocenters. The van der Waals surface area contributed by atoms with Crippen LogP contribution < -0.4 is 5.56 Å². The Morgan fingerprint density at radius 1 is 1.15 bits per heavy atom. The van der Waals surface area contributed by atoms with Crippen molar-refractivity contribution in [1.82, 2.24) is 14.5 Å². The molecule has 3 aromatic rings. The van der Waals surface area contributed by atoms with E-state index in [0.29, 0.717) is 22.0 Å². The first-order chi connectivity index (χ1) is 12.3. The molecule has 0 unspecified atom stereocenters. The van der Waals surface area contributed by atoms with Crippen LogP contribution in [0.5, 0.6) is 0 Å². The first-order valence-electron chi connectivity index (χ1n) is 7.25. The molecule has 0 radical (unpaired) electrons. The molecule has 4 nitrogen and oxygen atoms in total. The molecular weight excluding hydrogens is 390 g/mol. The summed E-state index contributed by atoms with van der Waals surface area (Å²) in [5.74, 6) is -6.83. The quantitative estimate of drug-likeness (QED) is 0.282. The summed E-state index contributed by atoms with van der Waals surface area (Å²) in [5.41, 5.74) is 0.338. The zero-order valence-electron chi connectivity index (χ0n) is 13.6. The second-order valence-corrected chi connectivity index (χ2v) is 7.50. The molecule has 0 bridgehead atoms. The molecule has 0 spiro atoms. The van der Waals surface area contributed by atoms with Crippen molar-refractivity contribution in [3.05, 3.63) is 57.0 Å². The van der Waals surface area contributed by atoms with Crippen LogP contribution in [0.15, 0.2) is 27.5 Å². The Balaban J connectivity index is 2.28. The molecule has 3 aromatic heterocycles. The molecule has 10 heteroatoms. The summed E-state index contributed by atoms with van der Waals surface area (Å²) in [7, 11) is 0. The molecule has 26 heavy (non-hydrogen) atoms. The fourth-order valence-corrected chi connectivity index (χ4v) is 4.34. The van der Waals surface area contributed by atoms with Crippen LogP contribution in [0.25, 0.3) is 10.2 Å². The van der Waals surface area contributed by atoms with Crippen molar-refractivity contribution >= 4 is 33.3 Å². The van der Waals surface area contributed by atoms with E-state index >= 15 is 0 Å². The van der Waals surface area contributed by atoms with E-state index in [0.717, 1.165) is 15.0 Å². The fraction of sp³-hybridized carbons (Fsp3) is 0.188. The summed E-state index contributed by atoms with van der Waals surface area (Å²) in [6.07, 6.45) is 1.41. The molecule has 0 amide bonds. The zero-order valence-corrected chi connectivity index (χ0v) is 15.2.